The zero-order valence-electron chi connectivity index (χ0n) is 11.9. The summed E-state index contributed by atoms with van der Waals surface area (Å²) in [6, 6.07) is 6.56. The molecule has 2 atom stereocenters. The molecule has 1 saturated heterocycles. The molecule has 0 amide bonds. The monoisotopic (exact) mass is 259 g/mol. The van der Waals surface area contributed by atoms with Crippen LogP contribution in [0.15, 0.2) is 18.2 Å². The topological polar surface area (TPSA) is 23.5 Å². The molecule has 0 radical (unpaired) electrons. The Morgan fingerprint density at radius 2 is 2.11 bits per heavy atom. The van der Waals surface area contributed by atoms with Crippen molar-refractivity contribution < 1.29 is 5.11 Å². The van der Waals surface area contributed by atoms with Crippen molar-refractivity contribution in [2.24, 2.45) is 5.92 Å². The molecule has 1 heterocycles. The van der Waals surface area contributed by atoms with Gasteiger partial charge in [0.25, 0.3) is 0 Å². The summed E-state index contributed by atoms with van der Waals surface area (Å²) in [5, 5.41) is 9.59. The zero-order valence-corrected chi connectivity index (χ0v) is 11.9. The second-order valence-corrected chi connectivity index (χ2v) is 6.18. The molecule has 1 aliphatic heterocycles. The minimum absolute atomic E-state index is 0.418. The maximum absolute atomic E-state index is 9.59. The van der Waals surface area contributed by atoms with Crippen molar-refractivity contribution in [1.29, 1.82) is 0 Å². The molecule has 0 aromatic heterocycles. The Hall–Kier alpha value is -1.02. The van der Waals surface area contributed by atoms with Gasteiger partial charge in [0.1, 0.15) is 5.75 Å². The fourth-order valence-electron chi connectivity index (χ4n) is 3.87. The SMILES string of the molecule is CCC1CCCN(C2CCc3cc(O)ccc32)CC1. The van der Waals surface area contributed by atoms with Crippen LogP contribution in [-0.4, -0.2) is 23.1 Å². The average molecular weight is 259 g/mol. The molecule has 0 saturated carbocycles. The molecular weight excluding hydrogens is 234 g/mol. The van der Waals surface area contributed by atoms with Gasteiger partial charge in [-0.3, -0.25) is 4.90 Å². The highest BCUT2D eigenvalue weighted by Crippen LogP contribution is 2.38. The lowest BCUT2D eigenvalue weighted by atomic mass is 9.98. The average Bonchev–Trinajstić information content (AvgIpc) is 2.68. The van der Waals surface area contributed by atoms with E-state index in [4.69, 9.17) is 0 Å². The van der Waals surface area contributed by atoms with Gasteiger partial charge < -0.3 is 5.11 Å². The first-order chi connectivity index (χ1) is 9.28. The van der Waals surface area contributed by atoms with Gasteiger partial charge >= 0.3 is 0 Å². The highest BCUT2D eigenvalue weighted by Gasteiger charge is 2.29. The first-order valence-corrected chi connectivity index (χ1v) is 7.83. The summed E-state index contributed by atoms with van der Waals surface area (Å²) >= 11 is 0. The zero-order chi connectivity index (χ0) is 13.2. The molecule has 0 bridgehead atoms. The molecule has 104 valence electrons. The molecule has 1 aliphatic carbocycles. The summed E-state index contributed by atoms with van der Waals surface area (Å²) in [5.41, 5.74) is 2.83. The quantitative estimate of drug-likeness (QED) is 0.871. The number of fused-ring (bicyclic) bond motifs is 1. The van der Waals surface area contributed by atoms with E-state index in [0.29, 0.717) is 11.8 Å². The predicted molar refractivity (Wildman–Crippen MR) is 78.4 cm³/mol. The van der Waals surface area contributed by atoms with Crippen molar-refractivity contribution in [2.75, 3.05) is 13.1 Å². The molecule has 2 nitrogen and oxygen atoms in total. The molecular formula is C17H25NO. The summed E-state index contributed by atoms with van der Waals surface area (Å²) in [6.45, 7) is 4.83. The molecule has 2 unspecified atom stereocenters. The van der Waals surface area contributed by atoms with Crippen LogP contribution in [0.2, 0.25) is 0 Å². The first kappa shape index (κ1) is 13.0. The van der Waals surface area contributed by atoms with Gasteiger partial charge in [0.2, 0.25) is 0 Å². The van der Waals surface area contributed by atoms with Gasteiger partial charge in [-0.1, -0.05) is 19.4 Å². The van der Waals surface area contributed by atoms with E-state index < -0.39 is 0 Å². The summed E-state index contributed by atoms with van der Waals surface area (Å²) in [4.78, 5) is 2.69. The predicted octanol–water partition coefficient (Wildman–Crippen LogP) is 3.89. The molecule has 1 N–H and O–H groups in total. The highest BCUT2D eigenvalue weighted by atomic mass is 16.3. The second-order valence-electron chi connectivity index (χ2n) is 6.18. The number of nitrogens with zero attached hydrogens (tertiary/aromatic N) is 1. The van der Waals surface area contributed by atoms with Gasteiger partial charge in [-0.15, -0.1) is 0 Å². The third-order valence-corrected chi connectivity index (χ3v) is 5.07. The maximum atomic E-state index is 9.59. The summed E-state index contributed by atoms with van der Waals surface area (Å²) in [5.74, 6) is 1.35. The van der Waals surface area contributed by atoms with Crippen molar-refractivity contribution in [1.82, 2.24) is 4.90 Å². The first-order valence-electron chi connectivity index (χ1n) is 7.83. The third-order valence-electron chi connectivity index (χ3n) is 5.07. The highest BCUT2D eigenvalue weighted by molar-refractivity contribution is 5.40. The number of hydrogen-bond donors (Lipinski definition) is 1. The number of aryl methyl sites for hydroxylation is 1. The lowest BCUT2D eigenvalue weighted by molar-refractivity contribution is 0.201. The molecule has 3 rings (SSSR count). The smallest absolute Gasteiger partial charge is 0.115 e. The molecule has 1 aromatic carbocycles. The molecule has 2 aliphatic rings. The van der Waals surface area contributed by atoms with Crippen LogP contribution in [0.3, 0.4) is 0 Å². The van der Waals surface area contributed by atoms with Gasteiger partial charge in [0.15, 0.2) is 0 Å². The largest absolute Gasteiger partial charge is 0.508 e. The number of hydrogen-bond acceptors (Lipinski definition) is 2. The normalized spacial score (nSPS) is 28.1. The molecule has 0 spiro atoms. The Kier molecular flexibility index (Phi) is 3.79. The van der Waals surface area contributed by atoms with E-state index in [-0.39, 0.29) is 0 Å². The van der Waals surface area contributed by atoms with Crippen LogP contribution in [0.25, 0.3) is 0 Å². The minimum Gasteiger partial charge on any atom is -0.508 e. The van der Waals surface area contributed by atoms with Gasteiger partial charge in [-0.25, -0.2) is 0 Å². The van der Waals surface area contributed by atoms with Crippen molar-refractivity contribution >= 4 is 0 Å². The number of phenols is 1. The van der Waals surface area contributed by atoms with E-state index in [1.165, 1.54) is 56.3 Å². The fourth-order valence-corrected chi connectivity index (χ4v) is 3.87. The van der Waals surface area contributed by atoms with E-state index in [2.05, 4.69) is 17.9 Å². The number of likely N-dealkylation sites (tertiary alicyclic amines) is 1. The van der Waals surface area contributed by atoms with E-state index in [9.17, 15) is 5.11 Å². The standard InChI is InChI=1S/C17H25NO/c1-2-13-4-3-10-18(11-9-13)17-8-5-14-12-15(19)6-7-16(14)17/h6-7,12-13,17,19H,2-5,8-11H2,1H3. The summed E-state index contributed by atoms with van der Waals surface area (Å²) < 4.78 is 0. The molecule has 2 heteroatoms. The van der Waals surface area contributed by atoms with Crippen LogP contribution in [0.1, 0.15) is 56.2 Å². The number of rotatable bonds is 2. The minimum atomic E-state index is 0.418. The van der Waals surface area contributed by atoms with Crippen LogP contribution in [0.4, 0.5) is 0 Å². The second kappa shape index (κ2) is 5.54. The summed E-state index contributed by atoms with van der Waals surface area (Å²) in [6.07, 6.45) is 7.81. The number of phenolic OH excluding ortho intramolecular Hbond substituents is 1. The van der Waals surface area contributed by atoms with Crippen LogP contribution in [-0.2, 0) is 6.42 Å². The molecule has 1 fully saturated rings. The van der Waals surface area contributed by atoms with Gasteiger partial charge in [0, 0.05) is 6.04 Å². The van der Waals surface area contributed by atoms with Crippen molar-refractivity contribution in [2.45, 2.75) is 51.5 Å². The van der Waals surface area contributed by atoms with E-state index in [0.717, 1.165) is 12.3 Å². The number of benzene rings is 1. The van der Waals surface area contributed by atoms with Crippen molar-refractivity contribution in [3.05, 3.63) is 29.3 Å². The van der Waals surface area contributed by atoms with Gasteiger partial charge in [-0.05, 0) is 74.4 Å². The van der Waals surface area contributed by atoms with E-state index >= 15 is 0 Å². The van der Waals surface area contributed by atoms with E-state index in [1.807, 2.05) is 12.1 Å². The van der Waals surface area contributed by atoms with Crippen LogP contribution < -0.4 is 0 Å². The maximum Gasteiger partial charge on any atom is 0.115 e. The lowest BCUT2D eigenvalue weighted by Gasteiger charge is -2.28. The van der Waals surface area contributed by atoms with Crippen LogP contribution >= 0.6 is 0 Å². The third kappa shape index (κ3) is 2.64. The lowest BCUT2D eigenvalue weighted by Crippen LogP contribution is -2.28. The Labute approximate surface area is 116 Å². The Bertz CT molecular complexity index is 443. The fraction of sp³-hybridized carbons (Fsp3) is 0.647. The van der Waals surface area contributed by atoms with Crippen molar-refractivity contribution in [3.8, 4) is 5.75 Å². The van der Waals surface area contributed by atoms with Crippen LogP contribution in [0, 0.1) is 5.92 Å². The molecule has 19 heavy (non-hydrogen) atoms. The van der Waals surface area contributed by atoms with Crippen molar-refractivity contribution in [3.63, 3.8) is 0 Å². The van der Waals surface area contributed by atoms with Gasteiger partial charge in [0.05, 0.1) is 0 Å². The van der Waals surface area contributed by atoms with E-state index in [1.54, 1.807) is 0 Å². The molecule has 1 aromatic rings. The Morgan fingerprint density at radius 1 is 1.21 bits per heavy atom. The summed E-state index contributed by atoms with van der Waals surface area (Å²) in [7, 11) is 0. The Morgan fingerprint density at radius 3 is 2.95 bits per heavy atom. The number of aromatic hydroxyl groups is 1. The van der Waals surface area contributed by atoms with Crippen LogP contribution in [0.5, 0.6) is 5.75 Å². The van der Waals surface area contributed by atoms with Gasteiger partial charge in [-0.2, -0.15) is 0 Å². The Balaban J connectivity index is 1.74.